The number of fused-ring (bicyclic) bond motifs is 3. The number of hydrogen-bond donors (Lipinski definition) is 1. The number of benzene rings is 2. The number of carboxylic acid groups (broad SMARTS) is 1. The van der Waals surface area contributed by atoms with Crippen LogP contribution in [0, 0.1) is 17.3 Å². The second-order valence-corrected chi connectivity index (χ2v) is 9.89. The fourth-order valence-electron chi connectivity index (χ4n) is 5.63. The maximum Gasteiger partial charge on any atom is 0.306 e. The zero-order valence-electron chi connectivity index (χ0n) is 18.3. The molecule has 2 atom stereocenters. The molecule has 1 unspecified atom stereocenters. The highest BCUT2D eigenvalue weighted by molar-refractivity contribution is 5.73. The topological polar surface area (TPSA) is 55.8 Å². The Balaban J connectivity index is 1.24. The fourth-order valence-corrected chi connectivity index (χ4v) is 5.63. The van der Waals surface area contributed by atoms with Crippen LogP contribution in [0.4, 0.5) is 0 Å². The highest BCUT2D eigenvalue weighted by Gasteiger charge is 2.52. The number of rotatable bonds is 8. The lowest BCUT2D eigenvalue weighted by Gasteiger charge is -2.53. The first kappa shape index (κ1) is 20.6. The summed E-state index contributed by atoms with van der Waals surface area (Å²) >= 11 is 0. The molecule has 4 heteroatoms. The lowest BCUT2D eigenvalue weighted by Crippen LogP contribution is -2.49. The van der Waals surface area contributed by atoms with Crippen LogP contribution in [0.25, 0.3) is 0 Å². The maximum atomic E-state index is 11.1. The molecule has 2 heterocycles. The third-order valence-electron chi connectivity index (χ3n) is 7.96. The van der Waals surface area contributed by atoms with Gasteiger partial charge in [0.2, 0.25) is 0 Å². The van der Waals surface area contributed by atoms with Gasteiger partial charge in [-0.15, -0.1) is 0 Å². The molecule has 2 saturated heterocycles. The van der Waals surface area contributed by atoms with E-state index in [4.69, 9.17) is 14.6 Å². The van der Waals surface area contributed by atoms with Crippen LogP contribution in [-0.4, -0.2) is 17.7 Å². The molecule has 0 radical (unpaired) electrons. The summed E-state index contributed by atoms with van der Waals surface area (Å²) in [4.78, 5) is 11.1. The minimum atomic E-state index is -0.617. The smallest absolute Gasteiger partial charge is 0.306 e. The van der Waals surface area contributed by atoms with Crippen molar-refractivity contribution in [3.8, 4) is 11.5 Å². The van der Waals surface area contributed by atoms with E-state index in [0.29, 0.717) is 5.92 Å². The molecular weight excluding hydrogens is 388 g/mol. The van der Waals surface area contributed by atoms with Gasteiger partial charge < -0.3 is 14.6 Å². The molecule has 31 heavy (non-hydrogen) atoms. The molecule has 2 aromatic rings. The van der Waals surface area contributed by atoms with Gasteiger partial charge in [-0.1, -0.05) is 31.2 Å². The highest BCUT2D eigenvalue weighted by atomic mass is 16.5. The lowest BCUT2D eigenvalue weighted by molar-refractivity contribution is -0.192. The molecule has 2 saturated carbocycles. The average Bonchev–Trinajstić information content (AvgIpc) is 3.60. The molecule has 2 aromatic carbocycles. The molecule has 2 bridgehead atoms. The van der Waals surface area contributed by atoms with E-state index in [1.807, 2.05) is 18.2 Å². The van der Waals surface area contributed by atoms with Gasteiger partial charge in [0.1, 0.15) is 11.5 Å². The number of aryl methyl sites for hydroxylation is 1. The maximum absolute atomic E-state index is 11.1. The first-order chi connectivity index (χ1) is 15.0. The summed E-state index contributed by atoms with van der Waals surface area (Å²) in [5.41, 5.74) is 2.54. The van der Waals surface area contributed by atoms with Crippen molar-refractivity contribution in [1.82, 2.24) is 0 Å². The first-order valence-corrected chi connectivity index (χ1v) is 11.8. The second-order valence-electron chi connectivity index (χ2n) is 9.89. The molecule has 4 fully saturated rings. The molecular formula is C27H32O4. The Morgan fingerprint density at radius 2 is 1.84 bits per heavy atom. The van der Waals surface area contributed by atoms with E-state index in [2.05, 4.69) is 37.3 Å². The van der Waals surface area contributed by atoms with Gasteiger partial charge in [0, 0.05) is 0 Å². The van der Waals surface area contributed by atoms with Gasteiger partial charge in [0.25, 0.3) is 0 Å². The summed E-state index contributed by atoms with van der Waals surface area (Å²) in [5, 5.41) is 9.16. The Kier molecular flexibility index (Phi) is 5.29. The minimum Gasteiger partial charge on any atom is -0.481 e. The van der Waals surface area contributed by atoms with Crippen LogP contribution in [0.5, 0.6) is 11.5 Å². The van der Waals surface area contributed by atoms with Gasteiger partial charge >= 0.3 is 5.97 Å². The Hall–Kier alpha value is -2.33. The number of hydrogen-bond acceptors (Lipinski definition) is 3. The van der Waals surface area contributed by atoms with E-state index in [1.165, 1.54) is 24.0 Å². The summed E-state index contributed by atoms with van der Waals surface area (Å²) in [6.07, 6.45) is 8.41. The van der Waals surface area contributed by atoms with Gasteiger partial charge in [-0.2, -0.15) is 0 Å². The molecule has 4 nitrogen and oxygen atoms in total. The molecule has 164 valence electrons. The lowest BCUT2D eigenvalue weighted by atomic mass is 9.62. The van der Waals surface area contributed by atoms with Crippen molar-refractivity contribution in [2.24, 2.45) is 17.3 Å². The molecule has 0 amide bonds. The predicted octanol–water partition coefficient (Wildman–Crippen LogP) is 6.33. The molecule has 0 spiro atoms. The Morgan fingerprint density at radius 3 is 2.48 bits per heavy atom. The van der Waals surface area contributed by atoms with Gasteiger partial charge in [0.05, 0.1) is 18.1 Å². The van der Waals surface area contributed by atoms with E-state index in [1.54, 1.807) is 0 Å². The molecule has 0 aromatic heterocycles. The molecule has 6 rings (SSSR count). The normalized spacial score (nSPS) is 31.4. The monoisotopic (exact) mass is 420 g/mol. The van der Waals surface area contributed by atoms with Crippen LogP contribution < -0.4 is 4.74 Å². The standard InChI is InChI=1S/C27H32O4/c1-2-19-5-3-7-22(15-19)31-23-8-4-6-21(17-23)27-13-11-26(12-14-27,18-30-27)10-9-20-16-24(20)25(28)29/h3-8,15,17,20,24H,2,9-14,16,18H2,1H3,(H,28,29)/t20?,24-,26?,27?/m1/s1. The van der Waals surface area contributed by atoms with Crippen LogP contribution >= 0.6 is 0 Å². The van der Waals surface area contributed by atoms with E-state index in [-0.39, 0.29) is 16.9 Å². The number of ether oxygens (including phenoxy) is 2. The van der Waals surface area contributed by atoms with Crippen LogP contribution in [-0.2, 0) is 21.6 Å². The van der Waals surface area contributed by atoms with E-state index < -0.39 is 5.97 Å². The largest absolute Gasteiger partial charge is 0.481 e. The van der Waals surface area contributed by atoms with Gasteiger partial charge in [0.15, 0.2) is 0 Å². The van der Waals surface area contributed by atoms with Crippen LogP contribution in [0.1, 0.15) is 63.0 Å². The van der Waals surface area contributed by atoms with Crippen LogP contribution in [0.15, 0.2) is 48.5 Å². The zero-order chi connectivity index (χ0) is 21.5. The first-order valence-electron chi connectivity index (χ1n) is 11.8. The van der Waals surface area contributed by atoms with Gasteiger partial charge in [-0.3, -0.25) is 4.79 Å². The quantitative estimate of drug-likeness (QED) is 0.542. The summed E-state index contributed by atoms with van der Waals surface area (Å²) < 4.78 is 12.7. The Morgan fingerprint density at radius 1 is 1.10 bits per heavy atom. The van der Waals surface area contributed by atoms with Crippen LogP contribution in [0.3, 0.4) is 0 Å². The fraction of sp³-hybridized carbons (Fsp3) is 0.519. The summed E-state index contributed by atoms with van der Waals surface area (Å²) in [6, 6.07) is 16.7. The van der Waals surface area contributed by atoms with Gasteiger partial charge in [-0.25, -0.2) is 0 Å². The van der Waals surface area contributed by atoms with E-state index in [9.17, 15) is 4.79 Å². The molecule has 4 aliphatic rings. The van der Waals surface area contributed by atoms with Crippen molar-refractivity contribution < 1.29 is 19.4 Å². The van der Waals surface area contributed by atoms with Crippen molar-refractivity contribution >= 4 is 5.97 Å². The Bertz CT molecular complexity index is 941. The molecule has 2 aliphatic carbocycles. The highest BCUT2D eigenvalue weighted by Crippen LogP contribution is 2.57. The Labute approximate surface area is 184 Å². The average molecular weight is 421 g/mol. The summed E-state index contributed by atoms with van der Waals surface area (Å²) in [7, 11) is 0. The van der Waals surface area contributed by atoms with Crippen molar-refractivity contribution in [3.05, 3.63) is 59.7 Å². The van der Waals surface area contributed by atoms with E-state index in [0.717, 1.165) is 56.6 Å². The van der Waals surface area contributed by atoms with Crippen molar-refractivity contribution in [3.63, 3.8) is 0 Å². The SMILES string of the molecule is CCc1cccc(Oc2cccc(C34CCC(CCC5C[C@H]5C(=O)O)(CC3)CO4)c2)c1. The number of carbonyl (C=O) groups is 1. The van der Waals surface area contributed by atoms with E-state index >= 15 is 0 Å². The van der Waals surface area contributed by atoms with Crippen molar-refractivity contribution in [2.75, 3.05) is 6.61 Å². The number of aliphatic carboxylic acids is 1. The summed E-state index contributed by atoms with van der Waals surface area (Å²) in [6.45, 7) is 2.94. The number of carboxylic acids is 1. The second kappa shape index (κ2) is 7.98. The van der Waals surface area contributed by atoms with Crippen molar-refractivity contribution in [2.45, 2.75) is 63.9 Å². The third-order valence-corrected chi connectivity index (χ3v) is 7.96. The van der Waals surface area contributed by atoms with Crippen molar-refractivity contribution in [1.29, 1.82) is 0 Å². The third kappa shape index (κ3) is 4.10. The molecule has 2 aliphatic heterocycles. The van der Waals surface area contributed by atoms with Gasteiger partial charge in [-0.05, 0) is 98.1 Å². The predicted molar refractivity (Wildman–Crippen MR) is 119 cm³/mol. The summed E-state index contributed by atoms with van der Waals surface area (Å²) in [5.74, 6) is 1.42. The zero-order valence-corrected chi connectivity index (χ0v) is 18.3. The molecule has 1 N–H and O–H groups in total. The van der Waals surface area contributed by atoms with Crippen LogP contribution in [0.2, 0.25) is 0 Å². The minimum absolute atomic E-state index is 0.0932.